The van der Waals surface area contributed by atoms with Crippen molar-refractivity contribution >= 4 is 6.03 Å². The highest BCUT2D eigenvalue weighted by atomic mass is 16.2. The maximum Gasteiger partial charge on any atom is 0.315 e. The van der Waals surface area contributed by atoms with E-state index in [4.69, 9.17) is 5.73 Å². The highest BCUT2D eigenvalue weighted by Gasteiger charge is 1.99. The Morgan fingerprint density at radius 1 is 1.31 bits per heavy atom. The Kier molecular flexibility index (Phi) is 5.36. The van der Waals surface area contributed by atoms with Crippen LogP contribution in [0.4, 0.5) is 4.79 Å². The molecule has 0 atom stereocenters. The first kappa shape index (κ1) is 12.5. The van der Waals surface area contributed by atoms with Crippen LogP contribution in [0.2, 0.25) is 0 Å². The topological polar surface area (TPSA) is 67.2 Å². The zero-order valence-electron chi connectivity index (χ0n) is 9.62. The Bertz CT molecular complexity index is 339. The fourth-order valence-electron chi connectivity index (χ4n) is 1.35. The summed E-state index contributed by atoms with van der Waals surface area (Å²) in [4.78, 5) is 11.3. The number of carbonyl (C=O) groups is 1. The van der Waals surface area contributed by atoms with Crippen LogP contribution in [0.5, 0.6) is 0 Å². The summed E-state index contributed by atoms with van der Waals surface area (Å²) in [6.45, 7) is 3.78. The van der Waals surface area contributed by atoms with Gasteiger partial charge in [-0.2, -0.15) is 0 Å². The van der Waals surface area contributed by atoms with E-state index in [-0.39, 0.29) is 6.03 Å². The first-order valence-corrected chi connectivity index (χ1v) is 5.56. The Balaban J connectivity index is 2.38. The number of nitrogens with one attached hydrogen (secondary N) is 2. The van der Waals surface area contributed by atoms with E-state index in [1.165, 1.54) is 0 Å². The van der Waals surface area contributed by atoms with Gasteiger partial charge in [0.25, 0.3) is 0 Å². The van der Waals surface area contributed by atoms with Crippen LogP contribution in [-0.2, 0) is 13.1 Å². The number of urea groups is 1. The number of benzene rings is 1. The standard InChI is InChI=1S/C12H19N3O/c1-2-6-14-12(16)15-9-11-5-3-4-10(7-11)8-13/h3-5,7H,2,6,8-9,13H2,1H3,(H2,14,15,16). The first-order valence-electron chi connectivity index (χ1n) is 5.56. The lowest BCUT2D eigenvalue weighted by Gasteiger charge is -2.07. The molecule has 0 spiro atoms. The summed E-state index contributed by atoms with van der Waals surface area (Å²) in [6.07, 6.45) is 0.941. The van der Waals surface area contributed by atoms with Crippen LogP contribution < -0.4 is 16.4 Å². The molecule has 0 aliphatic rings. The molecule has 1 rings (SSSR count). The molecule has 0 unspecified atom stereocenters. The van der Waals surface area contributed by atoms with Gasteiger partial charge in [-0.3, -0.25) is 0 Å². The minimum Gasteiger partial charge on any atom is -0.338 e. The Morgan fingerprint density at radius 3 is 2.75 bits per heavy atom. The van der Waals surface area contributed by atoms with Gasteiger partial charge >= 0.3 is 6.03 Å². The SMILES string of the molecule is CCCNC(=O)NCc1cccc(CN)c1. The number of hydrogen-bond donors (Lipinski definition) is 3. The van der Waals surface area contributed by atoms with E-state index < -0.39 is 0 Å². The van der Waals surface area contributed by atoms with Gasteiger partial charge in [0, 0.05) is 19.6 Å². The van der Waals surface area contributed by atoms with E-state index in [1.54, 1.807) is 0 Å². The quantitative estimate of drug-likeness (QED) is 0.702. The van der Waals surface area contributed by atoms with Crippen LogP contribution in [-0.4, -0.2) is 12.6 Å². The maximum absolute atomic E-state index is 11.3. The van der Waals surface area contributed by atoms with Gasteiger partial charge in [0.2, 0.25) is 0 Å². The van der Waals surface area contributed by atoms with Gasteiger partial charge in [-0.05, 0) is 17.5 Å². The van der Waals surface area contributed by atoms with Gasteiger partial charge in [-0.25, -0.2) is 4.79 Å². The van der Waals surface area contributed by atoms with E-state index in [0.717, 1.165) is 17.5 Å². The van der Waals surface area contributed by atoms with E-state index in [2.05, 4.69) is 10.6 Å². The molecular formula is C12H19N3O. The van der Waals surface area contributed by atoms with Crippen molar-refractivity contribution in [2.45, 2.75) is 26.4 Å². The number of nitrogens with two attached hydrogens (primary N) is 1. The molecule has 0 aliphatic heterocycles. The van der Waals surface area contributed by atoms with Crippen molar-refractivity contribution in [1.82, 2.24) is 10.6 Å². The monoisotopic (exact) mass is 221 g/mol. The largest absolute Gasteiger partial charge is 0.338 e. The molecule has 0 bridgehead atoms. The summed E-state index contributed by atoms with van der Waals surface area (Å²) in [5.41, 5.74) is 7.68. The van der Waals surface area contributed by atoms with Crippen molar-refractivity contribution in [2.24, 2.45) is 5.73 Å². The lowest BCUT2D eigenvalue weighted by atomic mass is 10.1. The Hall–Kier alpha value is -1.55. The summed E-state index contributed by atoms with van der Waals surface area (Å²) in [5, 5.41) is 5.55. The van der Waals surface area contributed by atoms with Crippen LogP contribution in [0.3, 0.4) is 0 Å². The lowest BCUT2D eigenvalue weighted by Crippen LogP contribution is -2.35. The summed E-state index contributed by atoms with van der Waals surface area (Å²) >= 11 is 0. The number of hydrogen-bond acceptors (Lipinski definition) is 2. The number of rotatable bonds is 5. The third-order valence-corrected chi connectivity index (χ3v) is 2.22. The second-order valence-electron chi connectivity index (χ2n) is 3.63. The zero-order valence-corrected chi connectivity index (χ0v) is 9.62. The fraction of sp³-hybridized carbons (Fsp3) is 0.417. The van der Waals surface area contributed by atoms with Gasteiger partial charge in [0.05, 0.1) is 0 Å². The normalized spacial score (nSPS) is 9.88. The van der Waals surface area contributed by atoms with Crippen molar-refractivity contribution in [3.8, 4) is 0 Å². The van der Waals surface area contributed by atoms with E-state index in [1.807, 2.05) is 31.2 Å². The zero-order chi connectivity index (χ0) is 11.8. The molecule has 0 heterocycles. The van der Waals surface area contributed by atoms with Gasteiger partial charge in [0.1, 0.15) is 0 Å². The molecule has 0 aromatic heterocycles. The molecule has 0 radical (unpaired) electrons. The van der Waals surface area contributed by atoms with Crippen LogP contribution >= 0.6 is 0 Å². The summed E-state index contributed by atoms with van der Waals surface area (Å²) in [5.74, 6) is 0. The second-order valence-corrected chi connectivity index (χ2v) is 3.63. The van der Waals surface area contributed by atoms with Gasteiger partial charge in [-0.1, -0.05) is 31.2 Å². The molecule has 4 N–H and O–H groups in total. The second kappa shape index (κ2) is 6.85. The summed E-state index contributed by atoms with van der Waals surface area (Å²) in [6, 6.07) is 7.77. The number of carbonyl (C=O) groups excluding carboxylic acids is 1. The van der Waals surface area contributed by atoms with E-state index >= 15 is 0 Å². The van der Waals surface area contributed by atoms with Gasteiger partial charge in [0.15, 0.2) is 0 Å². The Morgan fingerprint density at radius 2 is 2.06 bits per heavy atom. The molecule has 4 nitrogen and oxygen atoms in total. The van der Waals surface area contributed by atoms with E-state index in [0.29, 0.717) is 19.6 Å². The number of amides is 2. The molecule has 0 fully saturated rings. The molecule has 1 aromatic carbocycles. The summed E-state index contributed by atoms with van der Waals surface area (Å²) in [7, 11) is 0. The van der Waals surface area contributed by atoms with Gasteiger partial charge < -0.3 is 16.4 Å². The third-order valence-electron chi connectivity index (χ3n) is 2.22. The maximum atomic E-state index is 11.3. The molecule has 88 valence electrons. The minimum atomic E-state index is -0.125. The van der Waals surface area contributed by atoms with Crippen molar-refractivity contribution in [3.05, 3.63) is 35.4 Å². The molecule has 2 amide bonds. The van der Waals surface area contributed by atoms with Gasteiger partial charge in [-0.15, -0.1) is 0 Å². The summed E-state index contributed by atoms with van der Waals surface area (Å²) < 4.78 is 0. The highest BCUT2D eigenvalue weighted by molar-refractivity contribution is 5.73. The van der Waals surface area contributed by atoms with Crippen LogP contribution in [0.1, 0.15) is 24.5 Å². The van der Waals surface area contributed by atoms with E-state index in [9.17, 15) is 4.79 Å². The van der Waals surface area contributed by atoms with Crippen molar-refractivity contribution in [3.63, 3.8) is 0 Å². The Labute approximate surface area is 96.2 Å². The average Bonchev–Trinajstić information content (AvgIpc) is 2.34. The fourth-order valence-corrected chi connectivity index (χ4v) is 1.35. The smallest absolute Gasteiger partial charge is 0.315 e. The van der Waals surface area contributed by atoms with Crippen LogP contribution in [0.15, 0.2) is 24.3 Å². The van der Waals surface area contributed by atoms with Crippen LogP contribution in [0, 0.1) is 0 Å². The molecule has 0 aliphatic carbocycles. The van der Waals surface area contributed by atoms with Crippen molar-refractivity contribution < 1.29 is 4.79 Å². The lowest BCUT2D eigenvalue weighted by molar-refractivity contribution is 0.240. The van der Waals surface area contributed by atoms with Crippen LogP contribution in [0.25, 0.3) is 0 Å². The molecule has 0 saturated heterocycles. The highest BCUT2D eigenvalue weighted by Crippen LogP contribution is 2.03. The molecule has 1 aromatic rings. The molecule has 0 saturated carbocycles. The molecule has 4 heteroatoms. The predicted molar refractivity (Wildman–Crippen MR) is 64.9 cm³/mol. The predicted octanol–water partition coefficient (Wildman–Crippen LogP) is 1.35. The first-order chi connectivity index (χ1) is 7.76. The molecular weight excluding hydrogens is 202 g/mol. The average molecular weight is 221 g/mol. The minimum absolute atomic E-state index is 0.125. The van der Waals surface area contributed by atoms with Crippen molar-refractivity contribution in [2.75, 3.05) is 6.54 Å². The molecule has 16 heavy (non-hydrogen) atoms. The van der Waals surface area contributed by atoms with Crippen molar-refractivity contribution in [1.29, 1.82) is 0 Å². The third kappa shape index (κ3) is 4.31.